The summed E-state index contributed by atoms with van der Waals surface area (Å²) in [6.45, 7) is 2.00. The van der Waals surface area contributed by atoms with Crippen molar-refractivity contribution >= 4 is 38.9 Å². The number of halogens is 1. The molecule has 0 aliphatic rings. The van der Waals surface area contributed by atoms with Crippen LogP contribution < -0.4 is 5.32 Å². The normalized spacial score (nSPS) is 12.0. The van der Waals surface area contributed by atoms with Gasteiger partial charge < -0.3 is 5.32 Å². The third kappa shape index (κ3) is 5.25. The number of nitriles is 1. The van der Waals surface area contributed by atoms with Crippen LogP contribution in [0.25, 0.3) is 0 Å². The van der Waals surface area contributed by atoms with E-state index in [4.69, 9.17) is 11.6 Å². The summed E-state index contributed by atoms with van der Waals surface area (Å²) in [4.78, 5) is -0.254. The van der Waals surface area contributed by atoms with Crippen molar-refractivity contribution in [2.75, 3.05) is 5.32 Å². The van der Waals surface area contributed by atoms with E-state index in [-0.39, 0.29) is 14.8 Å². The van der Waals surface area contributed by atoms with E-state index in [1.54, 1.807) is 42.5 Å². The number of allylic oxidation sites excluding steroid dienone is 1. The van der Waals surface area contributed by atoms with E-state index < -0.39 is 9.84 Å². The van der Waals surface area contributed by atoms with E-state index in [0.717, 1.165) is 11.1 Å². The Kier molecular flexibility index (Phi) is 7.22. The number of nitrogens with zero attached hydrogens (tertiary/aromatic N) is 1. The van der Waals surface area contributed by atoms with E-state index in [1.165, 1.54) is 23.9 Å². The number of rotatable bonds is 7. The number of sulfone groups is 1. The Balaban J connectivity index is 2.06. The molecule has 0 fully saturated rings. The number of anilines is 1. The van der Waals surface area contributed by atoms with Crippen LogP contribution >= 0.6 is 23.4 Å². The van der Waals surface area contributed by atoms with E-state index in [0.29, 0.717) is 16.5 Å². The molecule has 0 aliphatic heterocycles. The highest BCUT2D eigenvalue weighted by atomic mass is 35.5. The summed E-state index contributed by atoms with van der Waals surface area (Å²) >= 11 is 7.34. The van der Waals surface area contributed by atoms with Crippen molar-refractivity contribution in [2.24, 2.45) is 0 Å². The molecule has 7 heteroatoms. The van der Waals surface area contributed by atoms with Gasteiger partial charge in [-0.3, -0.25) is 0 Å². The summed E-state index contributed by atoms with van der Waals surface area (Å²) < 4.78 is 26.4. The van der Waals surface area contributed by atoms with Gasteiger partial charge in [0.15, 0.2) is 4.91 Å². The van der Waals surface area contributed by atoms with Crippen LogP contribution in [0.1, 0.15) is 11.1 Å². The molecule has 0 unspecified atom stereocenters. The van der Waals surface area contributed by atoms with Crippen molar-refractivity contribution in [1.29, 1.82) is 5.26 Å². The Morgan fingerprint density at radius 1 is 1.03 bits per heavy atom. The van der Waals surface area contributed by atoms with Gasteiger partial charge in [-0.05, 0) is 48.4 Å². The third-order valence-corrected chi connectivity index (χ3v) is 7.49. The summed E-state index contributed by atoms with van der Waals surface area (Å²) in [5.41, 5.74) is 2.75. The van der Waals surface area contributed by atoms with E-state index in [2.05, 4.69) is 5.32 Å². The molecule has 3 aromatic rings. The summed E-state index contributed by atoms with van der Waals surface area (Å²) in [5.74, 6) is 0.505. The number of benzene rings is 3. The highest BCUT2D eigenvalue weighted by Gasteiger charge is 2.25. The van der Waals surface area contributed by atoms with Gasteiger partial charge in [-0.15, -0.1) is 11.8 Å². The van der Waals surface area contributed by atoms with Crippen molar-refractivity contribution in [3.05, 3.63) is 105 Å². The van der Waals surface area contributed by atoms with Crippen molar-refractivity contribution in [3.63, 3.8) is 0 Å². The van der Waals surface area contributed by atoms with Crippen molar-refractivity contribution in [2.45, 2.75) is 17.6 Å². The van der Waals surface area contributed by atoms with Crippen molar-refractivity contribution in [1.82, 2.24) is 0 Å². The first-order valence-corrected chi connectivity index (χ1v) is 11.9. The number of thioether (sulfide) groups is 1. The largest absolute Gasteiger partial charge is 0.348 e. The second-order valence-corrected chi connectivity index (χ2v) is 9.75. The van der Waals surface area contributed by atoms with Gasteiger partial charge in [-0.25, -0.2) is 8.42 Å². The lowest BCUT2D eigenvalue weighted by Gasteiger charge is -2.15. The number of aryl methyl sites for hydroxylation is 1. The lowest BCUT2D eigenvalue weighted by molar-refractivity contribution is 0.603. The summed E-state index contributed by atoms with van der Waals surface area (Å²) in [5, 5.41) is 13.7. The van der Waals surface area contributed by atoms with Gasteiger partial charge in [-0.1, -0.05) is 60.1 Å². The van der Waals surface area contributed by atoms with Crippen LogP contribution in [0.4, 0.5) is 5.69 Å². The maximum absolute atomic E-state index is 13.2. The summed E-state index contributed by atoms with van der Waals surface area (Å²) in [6, 6.07) is 24.6. The van der Waals surface area contributed by atoms with Gasteiger partial charge in [0.05, 0.1) is 4.90 Å². The van der Waals surface area contributed by atoms with E-state index >= 15 is 0 Å². The summed E-state index contributed by atoms with van der Waals surface area (Å²) in [7, 11) is -3.99. The molecule has 0 spiro atoms. The van der Waals surface area contributed by atoms with Crippen LogP contribution in [0.5, 0.6) is 0 Å². The molecule has 0 atom stereocenters. The van der Waals surface area contributed by atoms with Crippen LogP contribution in [0.3, 0.4) is 0 Å². The molecule has 0 heterocycles. The molecule has 3 aromatic carbocycles. The Morgan fingerprint density at radius 3 is 2.40 bits per heavy atom. The molecule has 0 amide bonds. The predicted molar refractivity (Wildman–Crippen MR) is 124 cm³/mol. The molecule has 0 saturated carbocycles. The summed E-state index contributed by atoms with van der Waals surface area (Å²) in [6.07, 6.45) is 0. The van der Waals surface area contributed by atoms with Crippen LogP contribution in [0, 0.1) is 18.3 Å². The quantitative estimate of drug-likeness (QED) is 0.433. The molecule has 3 rings (SSSR count). The predicted octanol–water partition coefficient (Wildman–Crippen LogP) is 6.16. The molecular formula is C23H19ClN2O2S2. The van der Waals surface area contributed by atoms with Crippen molar-refractivity contribution in [3.8, 4) is 6.07 Å². The molecule has 0 bridgehead atoms. The first-order chi connectivity index (χ1) is 14.4. The number of hydrogen-bond acceptors (Lipinski definition) is 5. The smallest absolute Gasteiger partial charge is 0.219 e. The number of hydrogen-bond donors (Lipinski definition) is 1. The van der Waals surface area contributed by atoms with E-state index in [1.807, 2.05) is 37.3 Å². The second-order valence-electron chi connectivity index (χ2n) is 6.44. The van der Waals surface area contributed by atoms with Crippen LogP contribution in [0.15, 0.2) is 93.7 Å². The van der Waals surface area contributed by atoms with Gasteiger partial charge in [0.2, 0.25) is 9.84 Å². The van der Waals surface area contributed by atoms with Gasteiger partial charge in [0.25, 0.3) is 0 Å². The minimum absolute atomic E-state index is 0.0726. The maximum Gasteiger partial charge on any atom is 0.219 e. The molecule has 0 aromatic heterocycles. The van der Waals surface area contributed by atoms with Gasteiger partial charge >= 0.3 is 0 Å². The van der Waals surface area contributed by atoms with Gasteiger partial charge in [-0.2, -0.15) is 5.26 Å². The number of nitrogens with one attached hydrogen (secondary N) is 1. The lowest BCUT2D eigenvalue weighted by atomic mass is 10.1. The van der Waals surface area contributed by atoms with Crippen LogP contribution in [-0.4, -0.2) is 8.42 Å². The van der Waals surface area contributed by atoms with Crippen LogP contribution in [-0.2, 0) is 15.6 Å². The Hall–Kier alpha value is -2.72. The zero-order chi connectivity index (χ0) is 21.6. The fourth-order valence-electron chi connectivity index (χ4n) is 2.73. The molecule has 0 radical (unpaired) electrons. The highest BCUT2D eigenvalue weighted by Crippen LogP contribution is 2.32. The lowest BCUT2D eigenvalue weighted by Crippen LogP contribution is -2.10. The molecular weight excluding hydrogens is 436 g/mol. The average molecular weight is 455 g/mol. The standard InChI is InChI=1S/C23H19ClN2O2S2/c1-17-8-5-6-9-18(17)16-29-23(26-20-11-7-10-19(24)14-20)22(15-25)30(27,28)21-12-3-2-4-13-21/h2-14,26H,16H2,1H3. The molecule has 30 heavy (non-hydrogen) atoms. The minimum atomic E-state index is -3.99. The van der Waals surface area contributed by atoms with E-state index in [9.17, 15) is 13.7 Å². The fourth-order valence-corrected chi connectivity index (χ4v) is 5.58. The van der Waals surface area contributed by atoms with Gasteiger partial charge in [0, 0.05) is 16.5 Å². The molecule has 0 aliphatic carbocycles. The Morgan fingerprint density at radius 2 is 1.73 bits per heavy atom. The SMILES string of the molecule is Cc1ccccc1CSC(Nc1cccc(Cl)c1)=C(C#N)S(=O)(=O)c1ccccc1. The fraction of sp³-hybridized carbons (Fsp3) is 0.0870. The topological polar surface area (TPSA) is 70.0 Å². The third-order valence-electron chi connectivity index (χ3n) is 4.35. The zero-order valence-corrected chi connectivity index (χ0v) is 18.6. The molecule has 0 saturated heterocycles. The molecule has 152 valence electrons. The second kappa shape index (κ2) is 9.86. The maximum atomic E-state index is 13.2. The molecule has 1 N–H and O–H groups in total. The van der Waals surface area contributed by atoms with Crippen LogP contribution in [0.2, 0.25) is 5.02 Å². The first-order valence-electron chi connectivity index (χ1n) is 9.06. The van der Waals surface area contributed by atoms with Gasteiger partial charge in [0.1, 0.15) is 11.1 Å². The minimum Gasteiger partial charge on any atom is -0.348 e. The highest BCUT2D eigenvalue weighted by molar-refractivity contribution is 8.04. The zero-order valence-electron chi connectivity index (χ0n) is 16.2. The Bertz CT molecular complexity index is 1220. The average Bonchev–Trinajstić information content (AvgIpc) is 2.74. The Labute approximate surface area is 186 Å². The van der Waals surface area contributed by atoms with Crippen molar-refractivity contribution < 1.29 is 8.42 Å². The first kappa shape index (κ1) is 22.0. The monoisotopic (exact) mass is 454 g/mol. The molecule has 4 nitrogen and oxygen atoms in total.